The molecule has 37 nitrogen and oxygen atoms in total. The third-order valence-corrected chi connectivity index (χ3v) is 26.3. The van der Waals surface area contributed by atoms with Crippen molar-refractivity contribution in [3.63, 3.8) is 0 Å². The zero-order valence-corrected chi connectivity index (χ0v) is 81.2. The smallest absolute Gasteiger partial charge is 0.373 e. The van der Waals surface area contributed by atoms with Crippen LogP contribution in [0.4, 0.5) is 5.69 Å². The minimum Gasteiger partial charge on any atom is -0.481 e. The number of hydrogen-bond acceptors (Lipinski definition) is 34. The topological polar surface area (TPSA) is 513 Å². The number of hydrogen-bond donors (Lipinski definition) is 13. The zero-order valence-electron chi connectivity index (χ0n) is 80.3. The average molecular weight is 1910 g/mol. The largest absolute Gasteiger partial charge is 0.481 e. The summed E-state index contributed by atoms with van der Waals surface area (Å²) in [5.74, 6) is -3.21. The first kappa shape index (κ1) is 116. The van der Waals surface area contributed by atoms with Crippen LogP contribution in [0, 0.1) is 18.3 Å². The monoisotopic (exact) mass is 1910 g/mol. The molecule has 1 aliphatic carbocycles. The first-order valence-corrected chi connectivity index (χ1v) is 47.3. The number of carbonyl (C=O) groups excluding carboxylic acids is 9. The number of methoxy groups -OCH3 is 4. The van der Waals surface area contributed by atoms with Gasteiger partial charge in [0.15, 0.2) is 36.5 Å². The number of ether oxygens (including phenoxy) is 12. The minimum absolute atomic E-state index is 0.0183. The molecule has 133 heavy (non-hydrogen) atoms. The van der Waals surface area contributed by atoms with E-state index in [9.17, 15) is 54.0 Å². The number of unbranched alkanes of at least 4 members (excludes halogenated alkanes) is 1. The number of thiol groups is 1. The minimum atomic E-state index is -2.17. The molecule has 5 aliphatic heterocycles. The van der Waals surface area contributed by atoms with E-state index in [4.69, 9.17) is 92.0 Å². The van der Waals surface area contributed by atoms with E-state index in [0.717, 1.165) is 61.2 Å². The SMILES string of the molecule is CCC(CO)OC(CO)OC.CCC(CO)OC(COC(=O)CCCC(=O)NC(C)C(=O)OCCCCC(=O)[C@]1(O)C2N(C)c3cc(C)c([C@@]4(C)CC5CN(CCc6c4[nH]c4ccccc64)CC(O)(CC)C5)cc3[C@@]23CCN2CC=C[C@](CC)(C23)[C@H]1O)OC.CCC(CO)OC(COC(=O)CCCC(=O)NCCS)OC.CCC(CO)OC(COC(=O)CCCC(=O)O)OC.O=C=O. The van der Waals surface area contributed by atoms with Gasteiger partial charge in [-0.1, -0.05) is 78.0 Å². The summed E-state index contributed by atoms with van der Waals surface area (Å²) in [6, 6.07) is 11.4. The van der Waals surface area contributed by atoms with E-state index >= 15 is 4.79 Å². The molecule has 2 amide bonds. The van der Waals surface area contributed by atoms with Crippen LogP contribution in [0.3, 0.4) is 0 Å². The van der Waals surface area contributed by atoms with Gasteiger partial charge < -0.3 is 123 Å². The number of esters is 4. The van der Waals surface area contributed by atoms with Crippen molar-refractivity contribution in [2.75, 3.05) is 145 Å². The molecule has 19 atom stereocenters. The van der Waals surface area contributed by atoms with Crippen molar-refractivity contribution in [1.82, 2.24) is 25.4 Å². The Labute approximate surface area is 787 Å². The summed E-state index contributed by atoms with van der Waals surface area (Å²) >= 11 is 3.98. The average Bonchev–Trinajstić information content (AvgIpc) is 1.48. The number of benzene rings is 2. The summed E-state index contributed by atoms with van der Waals surface area (Å²) in [6.45, 7) is 21.2. The van der Waals surface area contributed by atoms with Crippen LogP contribution in [0.5, 0.6) is 0 Å². The molecule has 38 heteroatoms. The summed E-state index contributed by atoms with van der Waals surface area (Å²) in [5, 5.41) is 98.2. The number of rotatable bonds is 52. The number of piperidine rings is 1. The van der Waals surface area contributed by atoms with Crippen molar-refractivity contribution >= 4 is 82.8 Å². The number of aliphatic hydroxyl groups is 8. The standard InChI is InChI=1S/C61H87N5O12.C14H27NO6S.C12H22O7.C7H16O4.CO2/c1-9-41(35-67)78-51(75-8)36-77-50(70)22-16-21-49(69)62-39(5)53(71)76-29-15-14-20-48(68)61(74)55-60(25-28-66-26-17-24-59(11-3,54(60)66)56(61)72)45-31-44(38(4)30-47(45)64(55)7)57(6)32-40-33-58(73,10-2)37-65(34-40)27-23-43-42-18-12-13-19-46(42)63-52(43)57;1-3-11(9-16)21-14(19-2)10-20-13(18)6-4-5-12(17)15-7-8-22;1-3-9(7-13)19-12(17-2)8-18-11(16)6-4-5-10(14)15;1-3-6(4-8)11-7(5-9)10-2;2-1-3/h12-13,17-19,24,30-31,39-41,51,54-56,63,67,72-74H,9-11,14-16,20-23,25-29,32-37H2,1-8H3,(H,62,69);11,14,16,22H,3-10H2,1-2H3,(H,15,17);9,12-13H,3-8H2,1-2H3,(H,14,15);6-9H,3-5H2,1-2H3;/t39?,40?,41?,51?,54?,55?,56-,57-,58?,59-,60-,61+;;;;/m1..../s1. The Morgan fingerprint density at radius 1 is 0.632 bits per heavy atom. The summed E-state index contributed by atoms with van der Waals surface area (Å²) in [6.07, 6.45) is 7.26. The van der Waals surface area contributed by atoms with Crippen LogP contribution in [-0.4, -0.2) is 339 Å². The molecule has 1 spiro atoms. The van der Waals surface area contributed by atoms with Crippen molar-refractivity contribution in [2.45, 2.75) is 299 Å². The number of nitrogens with zero attached hydrogens (tertiary/aromatic N) is 3. The number of anilines is 1. The van der Waals surface area contributed by atoms with E-state index < -0.39 is 118 Å². The second kappa shape index (κ2) is 58.3. The van der Waals surface area contributed by atoms with Crippen LogP contribution in [0.25, 0.3) is 10.9 Å². The Hall–Kier alpha value is -7.51. The number of aryl methyl sites for hydroxylation is 1. The molecule has 6 heterocycles. The zero-order chi connectivity index (χ0) is 98.8. The summed E-state index contributed by atoms with van der Waals surface area (Å²) < 4.78 is 62.1. The first-order valence-electron chi connectivity index (χ1n) is 46.6. The second-order valence-electron chi connectivity index (χ2n) is 34.9. The number of likely N-dealkylation sites (N-methyl/N-ethyl adjacent to an activating group) is 1. The number of Topliss-reactive ketones (excluding diaryl/α,β-unsaturated/α-hetero) is 1. The Balaban J connectivity index is 0.000000459. The van der Waals surface area contributed by atoms with Crippen LogP contribution in [0.15, 0.2) is 48.6 Å². The predicted molar refractivity (Wildman–Crippen MR) is 491 cm³/mol. The maximum absolute atomic E-state index is 15.2. The van der Waals surface area contributed by atoms with Crippen molar-refractivity contribution in [1.29, 1.82) is 0 Å². The number of aliphatic hydroxyl groups excluding tert-OH is 6. The van der Waals surface area contributed by atoms with Gasteiger partial charge in [-0.15, -0.1) is 0 Å². The first-order chi connectivity index (χ1) is 63.5. The highest BCUT2D eigenvalue weighted by Gasteiger charge is 2.78. The molecule has 2 saturated heterocycles. The third-order valence-electron chi connectivity index (χ3n) is 26.0. The molecular formula is C95H152N6O31S. The Kier molecular flexibility index (Phi) is 50.8. The molecule has 2 aromatic carbocycles. The summed E-state index contributed by atoms with van der Waals surface area (Å²) in [7, 11) is 7.69. The van der Waals surface area contributed by atoms with Crippen molar-refractivity contribution < 1.29 is 151 Å². The molecule has 6 aliphatic rings. The summed E-state index contributed by atoms with van der Waals surface area (Å²) in [4.78, 5) is 125. The van der Waals surface area contributed by atoms with Gasteiger partial charge in [-0.3, -0.25) is 43.4 Å². The van der Waals surface area contributed by atoms with Gasteiger partial charge in [0.2, 0.25) is 11.8 Å². The number of carboxylic acid groups (broad SMARTS) is 1. The van der Waals surface area contributed by atoms with Crippen LogP contribution in [-0.2, 0) is 122 Å². The Bertz CT molecular complexity index is 4110. The maximum atomic E-state index is 15.2. The molecule has 3 fully saturated rings. The lowest BCUT2D eigenvalue weighted by atomic mass is 9.47. The van der Waals surface area contributed by atoms with E-state index in [-0.39, 0.29) is 166 Å². The van der Waals surface area contributed by atoms with Gasteiger partial charge >= 0.3 is 36.0 Å². The van der Waals surface area contributed by atoms with Gasteiger partial charge in [0, 0.05) is 163 Å². The van der Waals surface area contributed by atoms with Crippen molar-refractivity contribution in [3.8, 4) is 0 Å². The number of H-pyrrole nitrogens is 1. The van der Waals surface area contributed by atoms with E-state index in [2.05, 4.69) is 119 Å². The lowest BCUT2D eigenvalue weighted by Crippen LogP contribution is -2.80. The summed E-state index contributed by atoms with van der Waals surface area (Å²) in [5.41, 5.74) is 2.93. The van der Waals surface area contributed by atoms with Crippen molar-refractivity contribution in [2.24, 2.45) is 11.3 Å². The fraction of sp³-hybridized carbons (Fsp3) is 0.737. The number of fused-ring (bicyclic) bond motifs is 6. The highest BCUT2D eigenvalue weighted by molar-refractivity contribution is 7.80. The van der Waals surface area contributed by atoms with Gasteiger partial charge in [-0.2, -0.15) is 22.2 Å². The molecule has 12 N–H and O–H groups in total. The number of aromatic amines is 1. The molecule has 9 rings (SSSR count). The molecule has 2 bridgehead atoms. The van der Waals surface area contributed by atoms with Crippen molar-refractivity contribution in [3.05, 3.63) is 76.5 Å². The highest BCUT2D eigenvalue weighted by Crippen LogP contribution is 2.67. The maximum Gasteiger partial charge on any atom is 0.373 e. The molecular weight excluding hydrogens is 1750 g/mol. The Morgan fingerprint density at radius 3 is 1.64 bits per heavy atom. The number of aliphatic carboxylic acids is 1. The van der Waals surface area contributed by atoms with Crippen LogP contribution in [0.2, 0.25) is 0 Å². The van der Waals surface area contributed by atoms with E-state index in [1.165, 1.54) is 57.6 Å². The van der Waals surface area contributed by atoms with Gasteiger partial charge in [0.25, 0.3) is 0 Å². The van der Waals surface area contributed by atoms with Crippen LogP contribution >= 0.6 is 12.6 Å². The van der Waals surface area contributed by atoms with Gasteiger partial charge in [0.05, 0.1) is 75.7 Å². The van der Waals surface area contributed by atoms with E-state index in [0.29, 0.717) is 83.2 Å². The number of amides is 2. The van der Waals surface area contributed by atoms with Crippen LogP contribution < -0.4 is 15.5 Å². The lowest BCUT2D eigenvalue weighted by Gasteiger charge is -2.63. The molecule has 754 valence electrons. The van der Waals surface area contributed by atoms with Gasteiger partial charge in [-0.25, -0.2) is 4.79 Å². The van der Waals surface area contributed by atoms with E-state index in [1.54, 1.807) is 0 Å². The van der Waals surface area contributed by atoms with Gasteiger partial charge in [-0.05, 0) is 164 Å². The molecule has 14 unspecified atom stereocenters. The Morgan fingerprint density at radius 2 is 1.15 bits per heavy atom. The molecule has 1 aromatic heterocycles. The number of carbonyl (C=O) groups is 8. The normalized spacial score (nSPS) is 24.5. The highest BCUT2D eigenvalue weighted by atomic mass is 32.1. The fourth-order valence-corrected chi connectivity index (χ4v) is 19.2. The number of ketones is 1. The number of aromatic nitrogens is 1. The molecule has 3 aromatic rings. The predicted octanol–water partition coefficient (Wildman–Crippen LogP) is 5.86. The van der Waals surface area contributed by atoms with E-state index in [1.807, 2.05) is 34.7 Å². The second-order valence-corrected chi connectivity index (χ2v) is 35.4. The number of carboxylic acids is 1. The molecule has 1 saturated carbocycles. The quantitative estimate of drug-likeness (QED) is 0.00785. The fourth-order valence-electron chi connectivity index (χ4n) is 19.1. The lowest BCUT2D eigenvalue weighted by molar-refractivity contribution is -0.202. The van der Waals surface area contributed by atoms with Gasteiger partial charge in [0.1, 0.15) is 32.0 Å². The number of nitrogens with one attached hydrogen (secondary N) is 3. The van der Waals surface area contributed by atoms with Crippen LogP contribution in [0.1, 0.15) is 218 Å². The number of para-hydroxylation sites is 1. The molecule has 0 radical (unpaired) electrons. The third kappa shape index (κ3) is 32.0.